The molecule has 0 unspecified atom stereocenters. The summed E-state index contributed by atoms with van der Waals surface area (Å²) in [5.41, 5.74) is 0. The standard InChI is InChI=1S/C14H25N3O3/c18-13(19)11-4-5-12(10-11)16-14(20)15-6-9-17-7-2-1-3-8-17/h11-12H,1-10H2,(H,18,19)(H2,15,16,20)/t11-,12+/m1/s1. The summed E-state index contributed by atoms with van der Waals surface area (Å²) < 4.78 is 0. The molecule has 20 heavy (non-hydrogen) atoms. The molecule has 1 aliphatic heterocycles. The van der Waals surface area contributed by atoms with Crippen LogP contribution in [-0.2, 0) is 4.79 Å². The van der Waals surface area contributed by atoms with Crippen LogP contribution in [0.15, 0.2) is 0 Å². The Bertz CT molecular complexity index is 343. The minimum atomic E-state index is -0.750. The Morgan fingerprint density at radius 1 is 1.15 bits per heavy atom. The van der Waals surface area contributed by atoms with Crippen LogP contribution in [0.25, 0.3) is 0 Å². The molecule has 2 aliphatic rings. The number of rotatable bonds is 5. The fourth-order valence-corrected chi connectivity index (χ4v) is 3.08. The van der Waals surface area contributed by atoms with Gasteiger partial charge in [-0.15, -0.1) is 0 Å². The Kier molecular flexibility index (Phi) is 5.64. The van der Waals surface area contributed by atoms with Gasteiger partial charge >= 0.3 is 12.0 Å². The molecule has 0 radical (unpaired) electrons. The van der Waals surface area contributed by atoms with Crippen molar-refractivity contribution in [2.24, 2.45) is 5.92 Å². The van der Waals surface area contributed by atoms with Crippen LogP contribution in [0, 0.1) is 5.92 Å². The topological polar surface area (TPSA) is 81.7 Å². The fourth-order valence-electron chi connectivity index (χ4n) is 3.08. The number of hydrogen-bond donors (Lipinski definition) is 3. The summed E-state index contributed by atoms with van der Waals surface area (Å²) in [5.74, 6) is -1.05. The van der Waals surface area contributed by atoms with E-state index in [1.807, 2.05) is 0 Å². The summed E-state index contributed by atoms with van der Waals surface area (Å²) in [4.78, 5) is 25.0. The first-order valence-corrected chi connectivity index (χ1v) is 7.64. The van der Waals surface area contributed by atoms with Gasteiger partial charge in [0.25, 0.3) is 0 Å². The zero-order valence-electron chi connectivity index (χ0n) is 11.9. The summed E-state index contributed by atoms with van der Waals surface area (Å²) in [7, 11) is 0. The summed E-state index contributed by atoms with van der Waals surface area (Å²) in [6.45, 7) is 3.81. The second-order valence-electron chi connectivity index (χ2n) is 5.85. The first kappa shape index (κ1) is 15.1. The molecule has 1 saturated heterocycles. The maximum absolute atomic E-state index is 11.7. The largest absolute Gasteiger partial charge is 0.481 e. The number of carbonyl (C=O) groups excluding carboxylic acids is 1. The van der Waals surface area contributed by atoms with Crippen molar-refractivity contribution < 1.29 is 14.7 Å². The van der Waals surface area contributed by atoms with E-state index < -0.39 is 5.97 Å². The first-order valence-electron chi connectivity index (χ1n) is 7.64. The van der Waals surface area contributed by atoms with Crippen molar-refractivity contribution in [1.82, 2.24) is 15.5 Å². The number of hydrogen-bond acceptors (Lipinski definition) is 3. The number of carbonyl (C=O) groups is 2. The Labute approximate surface area is 119 Å². The number of carboxylic acids is 1. The number of aliphatic carboxylic acids is 1. The molecule has 0 aromatic rings. The van der Waals surface area contributed by atoms with Gasteiger partial charge in [0, 0.05) is 19.1 Å². The Morgan fingerprint density at radius 3 is 2.55 bits per heavy atom. The van der Waals surface area contributed by atoms with Gasteiger partial charge in [-0.2, -0.15) is 0 Å². The summed E-state index contributed by atoms with van der Waals surface area (Å²) in [6, 6.07) is -0.163. The molecule has 0 aromatic heterocycles. The van der Waals surface area contributed by atoms with Gasteiger partial charge in [0.1, 0.15) is 0 Å². The van der Waals surface area contributed by atoms with Crippen LogP contribution < -0.4 is 10.6 Å². The average molecular weight is 283 g/mol. The molecule has 1 saturated carbocycles. The zero-order valence-corrected chi connectivity index (χ0v) is 11.9. The van der Waals surface area contributed by atoms with Gasteiger partial charge < -0.3 is 20.6 Å². The first-order chi connectivity index (χ1) is 9.65. The Balaban J connectivity index is 1.57. The van der Waals surface area contributed by atoms with E-state index in [-0.39, 0.29) is 18.0 Å². The predicted octanol–water partition coefficient (Wildman–Crippen LogP) is 1.02. The maximum atomic E-state index is 11.7. The summed E-state index contributed by atoms with van der Waals surface area (Å²) in [6.07, 6.45) is 5.80. The van der Waals surface area contributed by atoms with Gasteiger partial charge in [-0.3, -0.25) is 4.79 Å². The second kappa shape index (κ2) is 7.47. The maximum Gasteiger partial charge on any atom is 0.315 e. The van der Waals surface area contributed by atoms with Gasteiger partial charge in [-0.25, -0.2) is 4.79 Å². The number of piperidine rings is 1. The van der Waals surface area contributed by atoms with E-state index in [0.717, 1.165) is 26.1 Å². The summed E-state index contributed by atoms with van der Waals surface area (Å²) in [5, 5.41) is 14.6. The van der Waals surface area contributed by atoms with E-state index in [4.69, 9.17) is 5.11 Å². The number of carboxylic acid groups (broad SMARTS) is 1. The highest BCUT2D eigenvalue weighted by Gasteiger charge is 2.30. The number of amides is 2. The highest BCUT2D eigenvalue weighted by molar-refractivity contribution is 5.75. The van der Waals surface area contributed by atoms with Gasteiger partial charge in [-0.05, 0) is 45.2 Å². The smallest absolute Gasteiger partial charge is 0.315 e. The minimum absolute atomic E-state index is 0.00564. The highest BCUT2D eigenvalue weighted by Crippen LogP contribution is 2.25. The monoisotopic (exact) mass is 283 g/mol. The zero-order chi connectivity index (χ0) is 14.4. The van der Waals surface area contributed by atoms with Crippen molar-refractivity contribution in [3.8, 4) is 0 Å². The molecule has 2 amide bonds. The van der Waals surface area contributed by atoms with E-state index in [9.17, 15) is 9.59 Å². The van der Waals surface area contributed by atoms with Crippen LogP contribution in [0.2, 0.25) is 0 Å². The molecule has 114 valence electrons. The number of likely N-dealkylation sites (tertiary alicyclic amines) is 1. The fraction of sp³-hybridized carbons (Fsp3) is 0.857. The minimum Gasteiger partial charge on any atom is -0.481 e. The van der Waals surface area contributed by atoms with Crippen LogP contribution in [0.4, 0.5) is 4.79 Å². The molecule has 3 N–H and O–H groups in total. The molecule has 1 heterocycles. The molecular formula is C14H25N3O3. The van der Waals surface area contributed by atoms with Gasteiger partial charge in [0.05, 0.1) is 5.92 Å². The molecule has 1 aliphatic carbocycles. The molecular weight excluding hydrogens is 258 g/mol. The van der Waals surface area contributed by atoms with E-state index in [1.165, 1.54) is 19.3 Å². The van der Waals surface area contributed by atoms with Crippen molar-refractivity contribution in [2.45, 2.75) is 44.6 Å². The average Bonchev–Trinajstić information content (AvgIpc) is 2.88. The molecule has 6 heteroatoms. The quantitative estimate of drug-likeness (QED) is 0.704. The lowest BCUT2D eigenvalue weighted by molar-refractivity contribution is -0.141. The van der Waals surface area contributed by atoms with E-state index in [1.54, 1.807) is 0 Å². The Morgan fingerprint density at radius 2 is 1.90 bits per heavy atom. The van der Waals surface area contributed by atoms with E-state index in [0.29, 0.717) is 19.4 Å². The number of nitrogens with one attached hydrogen (secondary N) is 2. The van der Waals surface area contributed by atoms with Crippen LogP contribution in [0.5, 0.6) is 0 Å². The highest BCUT2D eigenvalue weighted by atomic mass is 16.4. The van der Waals surface area contributed by atoms with Crippen molar-refractivity contribution in [3.05, 3.63) is 0 Å². The van der Waals surface area contributed by atoms with Gasteiger partial charge in [0.15, 0.2) is 0 Å². The third-order valence-corrected chi connectivity index (χ3v) is 4.28. The third-order valence-electron chi connectivity index (χ3n) is 4.28. The lowest BCUT2D eigenvalue weighted by Gasteiger charge is -2.26. The molecule has 2 atom stereocenters. The lowest BCUT2D eigenvalue weighted by Crippen LogP contribution is -2.44. The van der Waals surface area contributed by atoms with Crippen LogP contribution in [-0.4, -0.2) is 54.2 Å². The lowest BCUT2D eigenvalue weighted by atomic mass is 10.1. The second-order valence-corrected chi connectivity index (χ2v) is 5.85. The number of urea groups is 1. The molecule has 0 bridgehead atoms. The van der Waals surface area contributed by atoms with Gasteiger partial charge in [0.2, 0.25) is 0 Å². The molecule has 2 rings (SSSR count). The molecule has 2 fully saturated rings. The van der Waals surface area contributed by atoms with Crippen LogP contribution in [0.1, 0.15) is 38.5 Å². The van der Waals surface area contributed by atoms with Crippen LogP contribution in [0.3, 0.4) is 0 Å². The molecule has 6 nitrogen and oxygen atoms in total. The van der Waals surface area contributed by atoms with E-state index >= 15 is 0 Å². The summed E-state index contributed by atoms with van der Waals surface area (Å²) >= 11 is 0. The number of nitrogens with zero attached hydrogens (tertiary/aromatic N) is 1. The van der Waals surface area contributed by atoms with Gasteiger partial charge in [-0.1, -0.05) is 6.42 Å². The van der Waals surface area contributed by atoms with Crippen molar-refractivity contribution in [1.29, 1.82) is 0 Å². The van der Waals surface area contributed by atoms with E-state index in [2.05, 4.69) is 15.5 Å². The SMILES string of the molecule is O=C(NCCN1CCCCC1)N[C@H]1CC[C@@H](C(=O)O)C1. The molecule has 0 spiro atoms. The predicted molar refractivity (Wildman–Crippen MR) is 75.6 cm³/mol. The third kappa shape index (κ3) is 4.67. The van der Waals surface area contributed by atoms with Crippen molar-refractivity contribution >= 4 is 12.0 Å². The normalized spacial score (nSPS) is 27.2. The molecule has 0 aromatic carbocycles. The Hall–Kier alpha value is -1.30. The van der Waals surface area contributed by atoms with Crippen molar-refractivity contribution in [2.75, 3.05) is 26.2 Å². The van der Waals surface area contributed by atoms with Crippen molar-refractivity contribution in [3.63, 3.8) is 0 Å². The van der Waals surface area contributed by atoms with Crippen LogP contribution >= 0.6 is 0 Å².